The molecule has 0 aliphatic carbocycles. The average Bonchev–Trinajstić information content (AvgIpc) is 1.39. The van der Waals surface area contributed by atoms with Crippen LogP contribution in [0.3, 0.4) is 0 Å². The van der Waals surface area contributed by atoms with Crippen molar-refractivity contribution in [1.82, 2.24) is 0 Å². The molecule has 0 heterocycles. The van der Waals surface area contributed by atoms with Gasteiger partial charge in [0.1, 0.15) is 0 Å². The second kappa shape index (κ2) is 29.2. The van der Waals surface area contributed by atoms with Gasteiger partial charge in [-0.25, -0.2) is 0 Å². The van der Waals surface area contributed by atoms with Crippen LogP contribution in [0.5, 0.6) is 0 Å². The Morgan fingerprint density at radius 2 is 1.00 bits per heavy atom. The van der Waals surface area contributed by atoms with Crippen molar-refractivity contribution in [1.29, 1.82) is 0 Å². The molecule has 2 nitrogen and oxygen atoms in total. The molecule has 0 rings (SSSR count). The van der Waals surface area contributed by atoms with E-state index in [0.717, 1.165) is 0 Å². The minimum Gasteiger partial charge on any atom is -0.678 e. The maximum Gasteiger partial charge on any atom is 0 e. The molecule has 2 N–H and O–H groups in total. The first-order chi connectivity index (χ1) is 2.83. The van der Waals surface area contributed by atoms with Gasteiger partial charge in [-0.2, -0.15) is 13.1 Å². The Bertz CT molecular complexity index is 11.7. The third-order valence-electron chi connectivity index (χ3n) is 0. The van der Waals surface area contributed by atoms with E-state index in [1.165, 1.54) is 0 Å². The van der Waals surface area contributed by atoms with E-state index < -0.39 is 0 Å². The Morgan fingerprint density at radius 3 is 1.00 bits per heavy atom. The van der Waals surface area contributed by atoms with Crippen molar-refractivity contribution in [2.24, 2.45) is 0 Å². The first kappa shape index (κ1) is 15.7. The molecule has 0 aliphatic heterocycles. The van der Waals surface area contributed by atoms with E-state index in [1.54, 1.807) is 13.8 Å². The van der Waals surface area contributed by atoms with Gasteiger partial charge in [0.15, 0.2) is 0 Å². The van der Waals surface area contributed by atoms with Gasteiger partial charge in [0.2, 0.25) is 0 Å². The molecule has 0 saturated carbocycles. The van der Waals surface area contributed by atoms with Crippen molar-refractivity contribution in [3.8, 4) is 0 Å². The van der Waals surface area contributed by atoms with Crippen molar-refractivity contribution in [3.05, 3.63) is 11.5 Å². The van der Waals surface area contributed by atoms with E-state index in [1.807, 2.05) is 0 Å². The molecule has 0 unspecified atom stereocenters. The molecule has 0 fully saturated rings. The Labute approximate surface area is 64.4 Å². The van der Waals surface area contributed by atoms with Crippen LogP contribution in [-0.4, -0.2) is 13.1 Å². The van der Waals surface area contributed by atoms with Gasteiger partial charge >= 0.3 is 0 Å². The summed E-state index contributed by atoms with van der Waals surface area (Å²) in [5.41, 5.74) is 12.4. The molecule has 0 aromatic carbocycles. The standard InChI is InChI=1S/2C2H6N.Hf/c2*1-2-3;/h2*3H,2H2,1H3;/q2*-1;. The smallest absolute Gasteiger partial charge is 0 e. The van der Waals surface area contributed by atoms with E-state index in [-0.39, 0.29) is 25.8 Å². The summed E-state index contributed by atoms with van der Waals surface area (Å²) < 4.78 is 0. The van der Waals surface area contributed by atoms with Gasteiger partial charge in [0.05, 0.1) is 0 Å². The van der Waals surface area contributed by atoms with Crippen molar-refractivity contribution in [2.75, 3.05) is 13.1 Å². The topological polar surface area (TPSA) is 47.6 Å². The van der Waals surface area contributed by atoms with E-state index >= 15 is 0 Å². The predicted octanol–water partition coefficient (Wildman–Crippen LogP) is 2.11. The molecule has 0 aliphatic rings. The van der Waals surface area contributed by atoms with E-state index in [9.17, 15) is 0 Å². The Hall–Kier alpha value is 0.790. The van der Waals surface area contributed by atoms with Crippen LogP contribution < -0.4 is 0 Å². The fourth-order valence-electron chi connectivity index (χ4n) is 0. The summed E-state index contributed by atoms with van der Waals surface area (Å²) in [6.45, 7) is 4.58. The maximum absolute atomic E-state index is 6.21. The van der Waals surface area contributed by atoms with E-state index in [2.05, 4.69) is 0 Å². The fourth-order valence-corrected chi connectivity index (χ4v) is 0. The minimum absolute atomic E-state index is 0. The second-order valence-corrected chi connectivity index (χ2v) is 0.707. The molecule has 0 radical (unpaired) electrons. The molecular formula is C4H12HfN2-2. The quantitative estimate of drug-likeness (QED) is 0.603. The molecular weight excluding hydrogens is 255 g/mol. The SMILES string of the molecule is CC[NH-].CC[NH-].[Hf]. The van der Waals surface area contributed by atoms with Crippen LogP contribution in [0.4, 0.5) is 0 Å². The Kier molecular flexibility index (Phi) is 65.4. The summed E-state index contributed by atoms with van der Waals surface area (Å²) in [6, 6.07) is 0. The Morgan fingerprint density at radius 1 is 1.00 bits per heavy atom. The summed E-state index contributed by atoms with van der Waals surface area (Å²) >= 11 is 0. The summed E-state index contributed by atoms with van der Waals surface area (Å²) in [6.07, 6.45) is 0. The van der Waals surface area contributed by atoms with Gasteiger partial charge in [-0.1, -0.05) is 13.8 Å². The molecule has 0 amide bonds. The van der Waals surface area contributed by atoms with Crippen molar-refractivity contribution in [2.45, 2.75) is 13.8 Å². The number of nitrogens with one attached hydrogen (secondary N) is 2. The summed E-state index contributed by atoms with van der Waals surface area (Å²) in [7, 11) is 0. The minimum atomic E-state index is 0. The predicted molar refractivity (Wildman–Crippen MR) is 29.7 cm³/mol. The number of hydrogen-bond acceptors (Lipinski definition) is 0. The zero-order chi connectivity index (χ0) is 5.41. The average molecular weight is 267 g/mol. The molecule has 0 atom stereocenters. The van der Waals surface area contributed by atoms with Gasteiger partial charge in [-0.15, -0.1) is 0 Å². The van der Waals surface area contributed by atoms with Crippen molar-refractivity contribution >= 4 is 0 Å². The second-order valence-electron chi connectivity index (χ2n) is 0.707. The van der Waals surface area contributed by atoms with E-state index in [4.69, 9.17) is 11.5 Å². The van der Waals surface area contributed by atoms with Crippen molar-refractivity contribution < 1.29 is 25.8 Å². The normalized spacial score (nSPS) is 5.14. The summed E-state index contributed by atoms with van der Waals surface area (Å²) in [5.74, 6) is 0. The largest absolute Gasteiger partial charge is 0.678 e. The third kappa shape index (κ3) is 250. The number of rotatable bonds is 0. The molecule has 0 spiro atoms. The van der Waals surface area contributed by atoms with Gasteiger partial charge in [-0.05, 0) is 0 Å². The first-order valence-corrected chi connectivity index (χ1v) is 2.12. The van der Waals surface area contributed by atoms with Crippen LogP contribution in [0, 0.1) is 0 Å². The zero-order valence-corrected chi connectivity index (χ0v) is 8.51. The monoisotopic (exact) mass is 268 g/mol. The van der Waals surface area contributed by atoms with Crippen molar-refractivity contribution in [3.63, 3.8) is 0 Å². The maximum atomic E-state index is 6.21. The molecule has 44 valence electrons. The first-order valence-electron chi connectivity index (χ1n) is 2.12. The third-order valence-corrected chi connectivity index (χ3v) is 0. The van der Waals surface area contributed by atoms with Crippen LogP contribution in [-0.2, 0) is 25.8 Å². The van der Waals surface area contributed by atoms with Crippen LogP contribution >= 0.6 is 0 Å². The summed E-state index contributed by atoms with van der Waals surface area (Å²) in [5, 5.41) is 0. The molecule has 3 heteroatoms. The van der Waals surface area contributed by atoms with Gasteiger partial charge in [0, 0.05) is 25.8 Å². The van der Waals surface area contributed by atoms with Gasteiger partial charge < -0.3 is 11.5 Å². The molecule has 0 aromatic rings. The van der Waals surface area contributed by atoms with Crippen LogP contribution in [0.15, 0.2) is 0 Å². The number of hydrogen-bond donors (Lipinski definition) is 0. The van der Waals surface area contributed by atoms with Gasteiger partial charge in [0.25, 0.3) is 0 Å². The zero-order valence-electron chi connectivity index (χ0n) is 4.91. The van der Waals surface area contributed by atoms with Gasteiger partial charge in [-0.3, -0.25) is 0 Å². The Balaban J connectivity index is -0.0000000400. The molecule has 7 heavy (non-hydrogen) atoms. The fraction of sp³-hybridized carbons (Fsp3) is 1.00. The molecule has 0 bridgehead atoms. The van der Waals surface area contributed by atoms with Crippen LogP contribution in [0.2, 0.25) is 0 Å². The van der Waals surface area contributed by atoms with E-state index in [0.29, 0.717) is 13.1 Å². The van der Waals surface area contributed by atoms with Crippen LogP contribution in [0.25, 0.3) is 11.5 Å². The van der Waals surface area contributed by atoms with Crippen LogP contribution in [0.1, 0.15) is 13.8 Å². The molecule has 0 saturated heterocycles. The molecule has 0 aromatic heterocycles. The summed E-state index contributed by atoms with van der Waals surface area (Å²) in [4.78, 5) is 0.